The van der Waals surface area contributed by atoms with Gasteiger partial charge in [0.15, 0.2) is 18.3 Å². The second kappa shape index (κ2) is 17.7. The quantitative estimate of drug-likeness (QED) is 0.0911. The maximum Gasteiger partial charge on any atom is 0.338 e. The van der Waals surface area contributed by atoms with Crippen LogP contribution >= 0.6 is 0 Å². The van der Waals surface area contributed by atoms with Crippen molar-refractivity contribution in [3.8, 4) is 0 Å². The van der Waals surface area contributed by atoms with E-state index in [0.29, 0.717) is 0 Å². The minimum absolute atomic E-state index is 0.124. The molecule has 0 spiro atoms. The van der Waals surface area contributed by atoms with Gasteiger partial charge < -0.3 is 23.7 Å². The van der Waals surface area contributed by atoms with Crippen molar-refractivity contribution in [1.29, 1.82) is 0 Å². The monoisotopic (exact) mass is 686 g/mol. The highest BCUT2D eigenvalue weighted by Gasteiger charge is 2.44. The predicted molar refractivity (Wildman–Crippen MR) is 185 cm³/mol. The molecule has 0 aliphatic heterocycles. The van der Waals surface area contributed by atoms with E-state index in [2.05, 4.69) is 0 Å². The van der Waals surface area contributed by atoms with Crippen molar-refractivity contribution < 1.29 is 47.7 Å². The molecule has 4 atom stereocenters. The lowest BCUT2D eigenvalue weighted by molar-refractivity contribution is -0.128. The lowest BCUT2D eigenvalue weighted by Gasteiger charge is -2.35. The molecule has 0 aromatic heterocycles. The number of hydrogen-bond acceptors (Lipinski definition) is 10. The molecule has 10 nitrogen and oxygen atoms in total. The summed E-state index contributed by atoms with van der Waals surface area (Å²) in [6, 6.07) is 40.2. The summed E-state index contributed by atoms with van der Waals surface area (Å²) >= 11 is 0. The normalized spacial score (nSPS) is 13.0. The van der Waals surface area contributed by atoms with E-state index in [1.54, 1.807) is 103 Å². The van der Waals surface area contributed by atoms with E-state index in [1.165, 1.54) is 55.5 Å². The molecule has 0 radical (unpaired) electrons. The molecule has 0 N–H and O–H groups in total. The SMILES string of the molecule is C[C@@H](OC(=O)c1ccccc1)[C@@H](OC(=O)c1ccccc1)[C@H](OC(=O)c1ccccc1)[C@@H](COC(=O)c1ccccc1)OC(=O)c1ccccc1. The highest BCUT2D eigenvalue weighted by Crippen LogP contribution is 2.24. The summed E-state index contributed by atoms with van der Waals surface area (Å²) in [7, 11) is 0. The van der Waals surface area contributed by atoms with E-state index in [1.807, 2.05) is 0 Å². The maximum absolute atomic E-state index is 13.7. The number of esters is 5. The highest BCUT2D eigenvalue weighted by molar-refractivity contribution is 5.92. The zero-order valence-corrected chi connectivity index (χ0v) is 27.5. The summed E-state index contributed by atoms with van der Waals surface area (Å²) in [5.41, 5.74) is 0.829. The van der Waals surface area contributed by atoms with Crippen LogP contribution in [0.2, 0.25) is 0 Å². The van der Waals surface area contributed by atoms with Gasteiger partial charge in [0.05, 0.1) is 27.8 Å². The first-order valence-electron chi connectivity index (χ1n) is 16.1. The van der Waals surface area contributed by atoms with Gasteiger partial charge >= 0.3 is 29.8 Å². The van der Waals surface area contributed by atoms with Crippen LogP contribution in [0.25, 0.3) is 0 Å². The average Bonchev–Trinajstić information content (AvgIpc) is 3.19. The molecule has 0 bridgehead atoms. The van der Waals surface area contributed by atoms with Crippen LogP contribution in [-0.2, 0) is 23.7 Å². The van der Waals surface area contributed by atoms with Gasteiger partial charge in [0.1, 0.15) is 12.7 Å². The van der Waals surface area contributed by atoms with E-state index >= 15 is 0 Å². The van der Waals surface area contributed by atoms with Crippen LogP contribution in [0.4, 0.5) is 0 Å². The standard InChI is InChI=1S/C41H34O10/c1-28(48-38(43)30-19-9-3-10-20-30)35(50-40(45)32-23-13-5-14-24-32)36(51-41(46)33-25-15-6-16-26-33)34(49-39(44)31-21-11-4-12-22-31)27-47-37(42)29-17-7-2-8-18-29/h2-26,28,34-36H,27H2,1H3/t28-,34-,35-,36-/m1/s1. The van der Waals surface area contributed by atoms with Gasteiger partial charge in [0.25, 0.3) is 0 Å². The van der Waals surface area contributed by atoms with E-state index in [0.717, 1.165) is 0 Å². The van der Waals surface area contributed by atoms with Gasteiger partial charge in [-0.05, 0) is 67.6 Å². The predicted octanol–water partition coefficient (Wildman–Crippen LogP) is 6.77. The lowest BCUT2D eigenvalue weighted by atomic mass is 10.0. The topological polar surface area (TPSA) is 132 Å². The number of carbonyl (C=O) groups excluding carboxylic acids is 5. The minimum atomic E-state index is -1.68. The number of rotatable bonds is 14. The van der Waals surface area contributed by atoms with Crippen molar-refractivity contribution in [2.45, 2.75) is 31.3 Å². The Labute approximate surface area is 294 Å². The number of hydrogen-bond donors (Lipinski definition) is 0. The van der Waals surface area contributed by atoms with Crippen LogP contribution < -0.4 is 0 Å². The van der Waals surface area contributed by atoms with Crippen molar-refractivity contribution in [2.75, 3.05) is 6.61 Å². The molecule has 5 rings (SSSR count). The van der Waals surface area contributed by atoms with Crippen LogP contribution in [-0.4, -0.2) is 60.9 Å². The second-order valence-corrected chi connectivity index (χ2v) is 11.2. The second-order valence-electron chi connectivity index (χ2n) is 11.2. The van der Waals surface area contributed by atoms with E-state index in [4.69, 9.17) is 23.7 Å². The van der Waals surface area contributed by atoms with E-state index < -0.39 is 60.9 Å². The van der Waals surface area contributed by atoms with Gasteiger partial charge in [-0.1, -0.05) is 91.0 Å². The smallest absolute Gasteiger partial charge is 0.338 e. The van der Waals surface area contributed by atoms with Crippen LogP contribution in [0.1, 0.15) is 58.7 Å². The summed E-state index contributed by atoms with van der Waals surface area (Å²) in [4.78, 5) is 67.2. The Morgan fingerprint density at radius 1 is 0.392 bits per heavy atom. The Morgan fingerprint density at radius 2 is 0.686 bits per heavy atom. The molecule has 51 heavy (non-hydrogen) atoms. The van der Waals surface area contributed by atoms with Gasteiger partial charge in [-0.3, -0.25) is 0 Å². The number of benzene rings is 5. The molecule has 0 aliphatic carbocycles. The lowest BCUT2D eigenvalue weighted by Crippen LogP contribution is -2.52. The summed E-state index contributed by atoms with van der Waals surface area (Å²) in [5, 5.41) is 0. The van der Waals surface area contributed by atoms with Gasteiger partial charge in [-0.15, -0.1) is 0 Å². The maximum atomic E-state index is 13.7. The van der Waals surface area contributed by atoms with Crippen LogP contribution in [0.15, 0.2) is 152 Å². The first-order chi connectivity index (χ1) is 24.8. The molecule has 5 aromatic rings. The molecule has 0 aliphatic rings. The van der Waals surface area contributed by atoms with E-state index in [-0.39, 0.29) is 27.8 Å². The largest absolute Gasteiger partial charge is 0.458 e. The summed E-state index contributed by atoms with van der Waals surface area (Å²) in [6.45, 7) is 0.803. The summed E-state index contributed by atoms with van der Waals surface area (Å²) in [6.07, 6.45) is -6.16. The fraction of sp³-hybridized carbons (Fsp3) is 0.146. The third kappa shape index (κ3) is 9.99. The van der Waals surface area contributed by atoms with Crippen molar-refractivity contribution in [1.82, 2.24) is 0 Å². The zero-order valence-electron chi connectivity index (χ0n) is 27.5. The third-order valence-electron chi connectivity index (χ3n) is 7.62. The molecule has 0 saturated carbocycles. The fourth-order valence-electron chi connectivity index (χ4n) is 4.99. The van der Waals surface area contributed by atoms with Crippen LogP contribution in [0.3, 0.4) is 0 Å². The van der Waals surface area contributed by atoms with Crippen molar-refractivity contribution in [3.63, 3.8) is 0 Å². The van der Waals surface area contributed by atoms with Crippen LogP contribution in [0.5, 0.6) is 0 Å². The zero-order chi connectivity index (χ0) is 36.0. The van der Waals surface area contributed by atoms with Gasteiger partial charge in [-0.25, -0.2) is 24.0 Å². The Morgan fingerprint density at radius 3 is 1.06 bits per heavy atom. The Bertz CT molecular complexity index is 1900. The highest BCUT2D eigenvalue weighted by atomic mass is 16.6. The fourth-order valence-corrected chi connectivity index (χ4v) is 4.99. The first kappa shape index (κ1) is 35.7. The molecular weight excluding hydrogens is 652 g/mol. The van der Waals surface area contributed by atoms with Gasteiger partial charge in [-0.2, -0.15) is 0 Å². The third-order valence-corrected chi connectivity index (χ3v) is 7.62. The minimum Gasteiger partial charge on any atom is -0.458 e. The van der Waals surface area contributed by atoms with Crippen molar-refractivity contribution in [2.24, 2.45) is 0 Å². The van der Waals surface area contributed by atoms with Crippen LogP contribution in [0, 0.1) is 0 Å². The molecule has 0 saturated heterocycles. The molecule has 10 heteroatoms. The molecule has 0 heterocycles. The van der Waals surface area contributed by atoms with Crippen molar-refractivity contribution >= 4 is 29.8 Å². The Hall–Kier alpha value is -6.55. The molecule has 0 unspecified atom stereocenters. The molecule has 0 amide bonds. The number of carbonyl (C=O) groups is 5. The molecule has 5 aromatic carbocycles. The summed E-state index contributed by atoms with van der Waals surface area (Å²) in [5.74, 6) is -4.09. The van der Waals surface area contributed by atoms with Crippen molar-refractivity contribution in [3.05, 3.63) is 179 Å². The first-order valence-corrected chi connectivity index (χ1v) is 16.1. The average molecular weight is 687 g/mol. The number of ether oxygens (including phenoxy) is 5. The molecule has 0 fully saturated rings. The molecule has 258 valence electrons. The van der Waals surface area contributed by atoms with Gasteiger partial charge in [0, 0.05) is 0 Å². The molecular formula is C41H34O10. The Kier molecular flexibility index (Phi) is 12.4. The van der Waals surface area contributed by atoms with E-state index in [9.17, 15) is 24.0 Å². The summed E-state index contributed by atoms with van der Waals surface area (Å²) < 4.78 is 29.3. The Balaban J connectivity index is 1.56. The van der Waals surface area contributed by atoms with Gasteiger partial charge in [0.2, 0.25) is 0 Å².